The van der Waals surface area contributed by atoms with Gasteiger partial charge in [-0.3, -0.25) is 9.59 Å². The van der Waals surface area contributed by atoms with Gasteiger partial charge in [-0.15, -0.1) is 0 Å². The zero-order valence-electron chi connectivity index (χ0n) is 16.8. The molecule has 10 heteroatoms. The van der Waals surface area contributed by atoms with E-state index in [1.807, 2.05) is 12.1 Å². The molecule has 160 valence electrons. The van der Waals surface area contributed by atoms with Crippen molar-refractivity contribution in [3.05, 3.63) is 83.0 Å². The number of nitrogens with zero attached hydrogens (tertiary/aromatic N) is 4. The van der Waals surface area contributed by atoms with Crippen molar-refractivity contribution >= 4 is 33.7 Å². The molecule has 1 aromatic carbocycles. The number of carbonyl (C=O) groups excluding carboxylic acids is 1. The monoisotopic (exact) mass is 430 g/mol. The Balaban J connectivity index is 1.26. The number of carbonyl (C=O) groups is 1. The molecule has 0 saturated heterocycles. The number of aromatic nitrogens is 4. The highest BCUT2D eigenvalue weighted by atomic mass is 16.3. The summed E-state index contributed by atoms with van der Waals surface area (Å²) in [6.07, 6.45) is 4.74. The van der Waals surface area contributed by atoms with E-state index in [2.05, 4.69) is 25.7 Å². The van der Waals surface area contributed by atoms with Gasteiger partial charge in [-0.05, 0) is 24.3 Å². The van der Waals surface area contributed by atoms with E-state index in [9.17, 15) is 9.59 Å². The fraction of sp³-hybridized carbons (Fsp3) is 0.136. The molecule has 4 heterocycles. The fourth-order valence-corrected chi connectivity index (χ4v) is 3.36. The van der Waals surface area contributed by atoms with Crippen LogP contribution < -0.4 is 16.1 Å². The van der Waals surface area contributed by atoms with Crippen LogP contribution in [-0.2, 0) is 13.1 Å². The molecule has 10 nitrogen and oxygen atoms in total. The van der Waals surface area contributed by atoms with Gasteiger partial charge in [0.15, 0.2) is 16.8 Å². The van der Waals surface area contributed by atoms with Crippen molar-refractivity contribution < 1.29 is 13.6 Å². The average Bonchev–Trinajstić information content (AvgIpc) is 3.48. The summed E-state index contributed by atoms with van der Waals surface area (Å²) >= 11 is 0. The van der Waals surface area contributed by atoms with E-state index in [1.54, 1.807) is 41.4 Å². The van der Waals surface area contributed by atoms with E-state index >= 15 is 0 Å². The Hall–Kier alpha value is -4.47. The Kier molecular flexibility index (Phi) is 5.08. The molecule has 0 bridgehead atoms. The second-order valence-corrected chi connectivity index (χ2v) is 6.99. The summed E-state index contributed by atoms with van der Waals surface area (Å²) in [4.78, 5) is 33.2. The molecule has 0 fully saturated rings. The van der Waals surface area contributed by atoms with Crippen molar-refractivity contribution in [3.8, 4) is 0 Å². The maximum absolute atomic E-state index is 12.5. The van der Waals surface area contributed by atoms with E-state index in [1.165, 1.54) is 12.4 Å². The van der Waals surface area contributed by atoms with Crippen molar-refractivity contribution in [2.24, 2.45) is 0 Å². The second kappa shape index (κ2) is 8.34. The normalized spacial score (nSPS) is 11.1. The second-order valence-electron chi connectivity index (χ2n) is 6.99. The Morgan fingerprint density at radius 2 is 2.00 bits per heavy atom. The summed E-state index contributed by atoms with van der Waals surface area (Å²) in [5, 5.41) is 11.5. The molecule has 32 heavy (non-hydrogen) atoms. The van der Waals surface area contributed by atoms with Gasteiger partial charge in [0.2, 0.25) is 0 Å². The third-order valence-electron chi connectivity index (χ3n) is 4.91. The maximum atomic E-state index is 12.5. The highest BCUT2D eigenvalue weighted by Crippen LogP contribution is 2.19. The molecule has 0 radical (unpaired) electrons. The van der Waals surface area contributed by atoms with Gasteiger partial charge in [0.25, 0.3) is 5.91 Å². The van der Waals surface area contributed by atoms with Crippen LogP contribution in [0.4, 0.5) is 5.82 Å². The molecule has 5 rings (SSSR count). The smallest absolute Gasteiger partial charge is 0.287 e. The largest absolute Gasteiger partial charge is 0.467 e. The van der Waals surface area contributed by atoms with Gasteiger partial charge in [-0.25, -0.2) is 14.6 Å². The van der Waals surface area contributed by atoms with Crippen LogP contribution in [0.5, 0.6) is 0 Å². The van der Waals surface area contributed by atoms with Gasteiger partial charge in [0, 0.05) is 12.6 Å². The molecule has 0 saturated carbocycles. The van der Waals surface area contributed by atoms with Crippen LogP contribution >= 0.6 is 0 Å². The van der Waals surface area contributed by atoms with Crippen LogP contribution in [0.2, 0.25) is 0 Å². The molecular formula is C22H18N6O4. The molecule has 0 unspecified atom stereocenters. The summed E-state index contributed by atoms with van der Waals surface area (Å²) in [5.41, 5.74) is 0.740. The first-order valence-corrected chi connectivity index (χ1v) is 9.93. The van der Waals surface area contributed by atoms with Crippen molar-refractivity contribution in [3.63, 3.8) is 0 Å². The van der Waals surface area contributed by atoms with Crippen molar-refractivity contribution in [2.45, 2.75) is 13.1 Å². The number of fused-ring (bicyclic) bond motifs is 2. The van der Waals surface area contributed by atoms with E-state index in [-0.39, 0.29) is 17.7 Å². The van der Waals surface area contributed by atoms with Gasteiger partial charge >= 0.3 is 0 Å². The van der Waals surface area contributed by atoms with Gasteiger partial charge in [0.05, 0.1) is 36.3 Å². The molecule has 4 aromatic heterocycles. The summed E-state index contributed by atoms with van der Waals surface area (Å²) in [6, 6.07) is 11.7. The van der Waals surface area contributed by atoms with Gasteiger partial charge < -0.3 is 19.5 Å². The van der Waals surface area contributed by atoms with E-state index in [0.717, 1.165) is 11.1 Å². The molecule has 0 aliphatic heterocycles. The number of furan rings is 1. The zero-order valence-corrected chi connectivity index (χ0v) is 16.8. The molecule has 0 atom stereocenters. The molecule has 5 aromatic rings. The first kappa shape index (κ1) is 19.5. The minimum Gasteiger partial charge on any atom is -0.467 e. The standard InChI is InChI=1S/C22H18N6O4/c29-17-10-19(32-18-6-2-1-5-15(17)18)22(30)23-7-8-28-21-16(12-27-28)20(25-13-26-21)24-11-14-4-3-9-31-14/h1-6,9-10,12-13H,7-8,11H2,(H,23,30)(H,24,25,26). The number of hydrogen-bond acceptors (Lipinski definition) is 8. The number of para-hydroxylation sites is 1. The number of rotatable bonds is 7. The van der Waals surface area contributed by atoms with Gasteiger partial charge in [-0.1, -0.05) is 12.1 Å². The Labute approximate surface area is 180 Å². The van der Waals surface area contributed by atoms with Crippen LogP contribution in [-0.4, -0.2) is 32.2 Å². The van der Waals surface area contributed by atoms with Crippen molar-refractivity contribution in [2.75, 3.05) is 11.9 Å². The highest BCUT2D eigenvalue weighted by Gasteiger charge is 2.13. The minimum atomic E-state index is -0.472. The Bertz CT molecular complexity index is 1450. The third kappa shape index (κ3) is 3.81. The lowest BCUT2D eigenvalue weighted by molar-refractivity contribution is 0.0925. The molecule has 2 N–H and O–H groups in total. The Morgan fingerprint density at radius 1 is 1.09 bits per heavy atom. The van der Waals surface area contributed by atoms with E-state index < -0.39 is 5.91 Å². The highest BCUT2D eigenvalue weighted by molar-refractivity contribution is 5.93. The lowest BCUT2D eigenvalue weighted by atomic mass is 10.2. The van der Waals surface area contributed by atoms with Gasteiger partial charge in [0.1, 0.15) is 23.5 Å². The fourth-order valence-electron chi connectivity index (χ4n) is 3.36. The maximum Gasteiger partial charge on any atom is 0.287 e. The van der Waals surface area contributed by atoms with Crippen LogP contribution in [0.15, 0.2) is 74.9 Å². The van der Waals surface area contributed by atoms with Crippen molar-refractivity contribution in [1.82, 2.24) is 25.1 Å². The van der Waals surface area contributed by atoms with Crippen LogP contribution in [0.25, 0.3) is 22.0 Å². The minimum absolute atomic E-state index is 0.0363. The first-order valence-electron chi connectivity index (χ1n) is 9.93. The zero-order chi connectivity index (χ0) is 21.9. The topological polar surface area (TPSA) is 128 Å². The molecular weight excluding hydrogens is 412 g/mol. The quantitative estimate of drug-likeness (QED) is 0.403. The Morgan fingerprint density at radius 3 is 2.88 bits per heavy atom. The van der Waals surface area contributed by atoms with Crippen LogP contribution in [0.3, 0.4) is 0 Å². The summed E-state index contributed by atoms with van der Waals surface area (Å²) in [5.74, 6) is 0.914. The lowest BCUT2D eigenvalue weighted by Crippen LogP contribution is -2.28. The number of benzene rings is 1. The van der Waals surface area contributed by atoms with E-state index in [0.29, 0.717) is 35.5 Å². The van der Waals surface area contributed by atoms with Crippen LogP contribution in [0.1, 0.15) is 16.3 Å². The SMILES string of the molecule is O=C(NCCn1ncc2c(NCc3ccco3)ncnc21)c1cc(=O)c2ccccc2o1. The summed E-state index contributed by atoms with van der Waals surface area (Å²) in [7, 11) is 0. The first-order chi connectivity index (χ1) is 15.7. The summed E-state index contributed by atoms with van der Waals surface area (Å²) < 4.78 is 12.6. The predicted molar refractivity (Wildman–Crippen MR) is 116 cm³/mol. The van der Waals surface area contributed by atoms with Gasteiger partial charge in [-0.2, -0.15) is 5.10 Å². The average molecular weight is 430 g/mol. The number of nitrogens with one attached hydrogen (secondary N) is 2. The number of amides is 1. The molecule has 0 spiro atoms. The molecule has 0 aliphatic rings. The third-order valence-corrected chi connectivity index (χ3v) is 4.91. The van der Waals surface area contributed by atoms with Crippen LogP contribution in [0, 0.1) is 0 Å². The van der Waals surface area contributed by atoms with Crippen molar-refractivity contribution in [1.29, 1.82) is 0 Å². The number of anilines is 1. The predicted octanol–water partition coefficient (Wildman–Crippen LogP) is 2.57. The number of hydrogen-bond donors (Lipinski definition) is 2. The summed E-state index contributed by atoms with van der Waals surface area (Å²) in [6.45, 7) is 1.13. The molecule has 0 aliphatic carbocycles. The lowest BCUT2D eigenvalue weighted by Gasteiger charge is -2.07. The molecule has 1 amide bonds. The van der Waals surface area contributed by atoms with E-state index in [4.69, 9.17) is 8.83 Å².